The molecule has 0 saturated carbocycles. The molecule has 8 aromatic rings. The van der Waals surface area contributed by atoms with Crippen molar-refractivity contribution in [2.45, 2.75) is 154 Å². The number of phenolic OH excluding ortho intramolecular Hbond substituents is 2. The molecule has 24 nitrogen and oxygen atoms in total. The Labute approximate surface area is 637 Å². The van der Waals surface area contributed by atoms with Crippen LogP contribution < -0.4 is 28.4 Å². The van der Waals surface area contributed by atoms with Gasteiger partial charge in [0.05, 0.1) is 42.7 Å². The van der Waals surface area contributed by atoms with Crippen molar-refractivity contribution in [2.24, 2.45) is 0 Å². The lowest BCUT2D eigenvalue weighted by Gasteiger charge is -2.21. The van der Waals surface area contributed by atoms with E-state index in [1.165, 1.54) is 54.8 Å². The number of aliphatic carboxylic acids is 8. The van der Waals surface area contributed by atoms with Gasteiger partial charge >= 0.3 is 47.8 Å². The molecule has 10 N–H and O–H groups in total. The number of rotatable bonds is 45. The first-order valence-corrected chi connectivity index (χ1v) is 36.1. The van der Waals surface area contributed by atoms with Crippen LogP contribution in [0.1, 0.15) is 174 Å². The van der Waals surface area contributed by atoms with Gasteiger partial charge in [-0.15, -0.1) is 0 Å². The predicted octanol–water partition coefficient (Wildman–Crippen LogP) is 12.6. The number of aryl methyl sites for hydroxylation is 10. The molecule has 0 aromatic heterocycles. The minimum atomic E-state index is -1.04. The Kier molecular flexibility index (Phi) is 30.1. The number of benzene rings is 8. The molecule has 0 atom stereocenters. The fourth-order valence-corrected chi connectivity index (χ4v) is 14.3. The highest BCUT2D eigenvalue weighted by Gasteiger charge is 2.25. The van der Waals surface area contributed by atoms with Crippen LogP contribution in [0, 0.1) is 0 Å². The number of phenols is 2. The number of carboxylic acids is 8. The van der Waals surface area contributed by atoms with Gasteiger partial charge < -0.3 is 79.5 Å². The van der Waals surface area contributed by atoms with Gasteiger partial charge in [-0.1, -0.05) is 48.5 Å². The summed E-state index contributed by atoms with van der Waals surface area (Å²) in [5.41, 5.74) is 15.0. The molecular formula is C86H94O24. The van der Waals surface area contributed by atoms with Crippen molar-refractivity contribution in [1.82, 2.24) is 0 Å². The summed E-state index contributed by atoms with van der Waals surface area (Å²) in [4.78, 5) is 96.7. The van der Waals surface area contributed by atoms with Gasteiger partial charge in [0.1, 0.15) is 46.0 Å². The highest BCUT2D eigenvalue weighted by atomic mass is 16.5. The van der Waals surface area contributed by atoms with E-state index in [9.17, 15) is 89.4 Å². The largest absolute Gasteiger partial charge is 0.508 e. The van der Waals surface area contributed by atoms with E-state index >= 15 is 0 Å². The number of hydrogen-bond donors (Lipinski definition) is 10. The standard InChI is InChI=1S/C86H94O24/c1-105-73-43-57(51(13-23-81(93)94)29-65(73)37-61-47-77(109-5)69(33-55(61)17-27-85(101)102)39-63-45-75(107-3)67(31-53(63)15-25-83(97)98)35-59-41-71(87)19-9-49(59)11-21-79(89)90)7-8-58-44-74(106-2)66(30-52(58)14-24-82(95)96)38-62-48-78(110-6)70(34-56(62)18-28-86(103)104)40-64-46-76(108-4)68(32-54(64)16-26-84(99)100)36-60-42-72(88)20-10-50(60)12-22-80(91)92/h9-10,19-20,29-34,41-48,87-88H,7-8,11-18,21-28,35-40H2,1-6H3,(H,89,90)(H,91,92)(H,93,94)(H,95,96)(H,97,98)(H,99,100)(H,101,102)(H,103,104). The van der Waals surface area contributed by atoms with Crippen molar-refractivity contribution in [3.8, 4) is 46.0 Å². The maximum Gasteiger partial charge on any atom is 0.303 e. The van der Waals surface area contributed by atoms with Crippen molar-refractivity contribution in [2.75, 3.05) is 42.7 Å². The number of aromatic hydroxyl groups is 2. The van der Waals surface area contributed by atoms with E-state index in [1.807, 2.05) is 72.8 Å². The fraction of sp³-hybridized carbons (Fsp3) is 0.349. The van der Waals surface area contributed by atoms with Crippen LogP contribution in [0.25, 0.3) is 0 Å². The molecular weight excluding hydrogens is 1420 g/mol. The van der Waals surface area contributed by atoms with Crippen LogP contribution >= 0.6 is 0 Å². The third-order valence-corrected chi connectivity index (χ3v) is 19.8. The van der Waals surface area contributed by atoms with Crippen LogP contribution in [0.2, 0.25) is 0 Å². The molecule has 0 aliphatic rings. The second-order valence-corrected chi connectivity index (χ2v) is 27.2. The number of ether oxygens (including phenoxy) is 6. The highest BCUT2D eigenvalue weighted by molar-refractivity contribution is 5.71. The van der Waals surface area contributed by atoms with E-state index < -0.39 is 47.8 Å². The molecule has 0 aliphatic heterocycles. The minimum Gasteiger partial charge on any atom is -0.508 e. The molecule has 0 spiro atoms. The number of carbonyl (C=O) groups is 8. The summed E-state index contributed by atoms with van der Waals surface area (Å²) in [6.07, 6.45) is 1.22. The Balaban J connectivity index is 1.13. The summed E-state index contributed by atoms with van der Waals surface area (Å²) < 4.78 is 36.2. The first-order valence-electron chi connectivity index (χ1n) is 36.1. The Hall–Kier alpha value is -12.1. The van der Waals surface area contributed by atoms with E-state index in [4.69, 9.17) is 28.4 Å². The van der Waals surface area contributed by atoms with Gasteiger partial charge in [-0.25, -0.2) is 0 Å². The summed E-state index contributed by atoms with van der Waals surface area (Å²) in [5.74, 6) is -5.55. The lowest BCUT2D eigenvalue weighted by atomic mass is 9.87. The van der Waals surface area contributed by atoms with Crippen molar-refractivity contribution >= 4 is 47.8 Å². The smallest absolute Gasteiger partial charge is 0.303 e. The van der Waals surface area contributed by atoms with Crippen LogP contribution in [-0.4, -0.2) is 141 Å². The molecule has 0 bridgehead atoms. The molecule has 0 unspecified atom stereocenters. The lowest BCUT2D eigenvalue weighted by Crippen LogP contribution is -2.09. The molecule has 24 heteroatoms. The third kappa shape index (κ3) is 23.7. The Morgan fingerprint density at radius 1 is 0.200 bits per heavy atom. The summed E-state index contributed by atoms with van der Waals surface area (Å²) in [5, 5.41) is 100. The lowest BCUT2D eigenvalue weighted by molar-refractivity contribution is -0.138. The van der Waals surface area contributed by atoms with E-state index in [0.717, 1.165) is 11.1 Å². The Morgan fingerprint density at radius 3 is 0.536 bits per heavy atom. The Bertz CT molecular complexity index is 4430. The van der Waals surface area contributed by atoms with Gasteiger partial charge in [0.2, 0.25) is 0 Å². The van der Waals surface area contributed by atoms with E-state index in [-0.39, 0.29) is 153 Å². The van der Waals surface area contributed by atoms with Gasteiger partial charge in [-0.05, 0) is 247 Å². The molecule has 0 amide bonds. The van der Waals surface area contributed by atoms with Gasteiger partial charge in [0.25, 0.3) is 0 Å². The van der Waals surface area contributed by atoms with Crippen molar-refractivity contribution in [1.29, 1.82) is 0 Å². The summed E-state index contributed by atoms with van der Waals surface area (Å²) in [7, 11) is 9.00. The van der Waals surface area contributed by atoms with E-state index in [2.05, 4.69) is 0 Å². The monoisotopic (exact) mass is 1510 g/mol. The third-order valence-electron chi connectivity index (χ3n) is 19.8. The topological polar surface area (TPSA) is 394 Å². The van der Waals surface area contributed by atoms with Crippen molar-refractivity contribution in [3.05, 3.63) is 232 Å². The number of carboxylic acid groups (broad SMARTS) is 8. The van der Waals surface area contributed by atoms with Crippen LogP contribution in [-0.2, 0) is 141 Å². The average molecular weight is 1510 g/mol. The predicted molar refractivity (Wildman–Crippen MR) is 406 cm³/mol. The zero-order chi connectivity index (χ0) is 79.9. The van der Waals surface area contributed by atoms with Crippen LogP contribution in [0.5, 0.6) is 46.0 Å². The van der Waals surface area contributed by atoms with E-state index in [1.54, 1.807) is 24.3 Å². The molecule has 8 rings (SSSR count). The van der Waals surface area contributed by atoms with Crippen molar-refractivity contribution < 1.29 is 118 Å². The second kappa shape index (κ2) is 39.7. The normalized spacial score (nSPS) is 11.1. The molecule has 0 fully saturated rings. The molecule has 110 heavy (non-hydrogen) atoms. The van der Waals surface area contributed by atoms with Gasteiger partial charge in [-0.2, -0.15) is 0 Å². The maximum absolute atomic E-state index is 12.4. The van der Waals surface area contributed by atoms with Crippen LogP contribution in [0.4, 0.5) is 0 Å². The SMILES string of the molecule is COc1cc(CCc2cc(OC)c(Cc3cc(OC)c(Cc4cc(OC)c(Cc5cc(O)ccc5CCC(=O)O)cc4CCC(=O)O)cc3CCC(=O)O)cc2CCC(=O)O)c(CCC(=O)O)cc1Cc1cc(OC)c(Cc2cc(OC)c(Cc3cc(O)ccc3CCC(=O)O)cc2CCC(=O)O)cc1CCC(=O)O. The number of methoxy groups -OCH3 is 6. The molecule has 0 saturated heterocycles. The second-order valence-electron chi connectivity index (χ2n) is 27.2. The summed E-state index contributed by atoms with van der Waals surface area (Å²) in [6.45, 7) is 0. The van der Waals surface area contributed by atoms with Crippen LogP contribution in [0.15, 0.2) is 109 Å². The zero-order valence-electron chi connectivity index (χ0n) is 62.6. The molecule has 0 aliphatic carbocycles. The maximum atomic E-state index is 12.4. The number of hydrogen-bond acceptors (Lipinski definition) is 16. The van der Waals surface area contributed by atoms with Gasteiger partial charge in [-0.3, -0.25) is 38.4 Å². The Morgan fingerprint density at radius 2 is 0.355 bits per heavy atom. The minimum absolute atomic E-state index is 0.0162. The molecule has 582 valence electrons. The first kappa shape index (κ1) is 83.6. The zero-order valence-corrected chi connectivity index (χ0v) is 62.6. The summed E-state index contributed by atoms with van der Waals surface area (Å²) >= 11 is 0. The highest BCUT2D eigenvalue weighted by Crippen LogP contribution is 2.40. The quantitative estimate of drug-likeness (QED) is 0.0169. The van der Waals surface area contributed by atoms with Crippen LogP contribution in [0.3, 0.4) is 0 Å². The summed E-state index contributed by atoms with van der Waals surface area (Å²) in [6, 6.07) is 31.7. The average Bonchev–Trinajstić information content (AvgIpc) is 0.796. The fourth-order valence-electron chi connectivity index (χ4n) is 14.3. The first-order chi connectivity index (χ1) is 52.6. The van der Waals surface area contributed by atoms with Crippen molar-refractivity contribution in [3.63, 3.8) is 0 Å². The molecule has 0 heterocycles. The van der Waals surface area contributed by atoms with Gasteiger partial charge in [0, 0.05) is 89.9 Å². The molecule has 8 aromatic carbocycles. The molecule has 0 radical (unpaired) electrons. The van der Waals surface area contributed by atoms with E-state index in [0.29, 0.717) is 159 Å². The van der Waals surface area contributed by atoms with Gasteiger partial charge in [0.15, 0.2) is 0 Å².